The van der Waals surface area contributed by atoms with Crippen LogP contribution in [0.1, 0.15) is 19.8 Å². The van der Waals surface area contributed by atoms with Crippen LogP contribution in [-0.4, -0.2) is 55.9 Å². The van der Waals surface area contributed by atoms with Gasteiger partial charge in [0.05, 0.1) is 20.1 Å². The lowest BCUT2D eigenvalue weighted by Crippen LogP contribution is -2.40. The molecule has 1 N–H and O–H groups in total. The van der Waals surface area contributed by atoms with Gasteiger partial charge >= 0.3 is 5.97 Å². The molecule has 1 aromatic carbocycles. The zero-order valence-corrected chi connectivity index (χ0v) is 18.1. The Morgan fingerprint density at radius 1 is 1.40 bits per heavy atom. The first-order chi connectivity index (χ1) is 11.7. The van der Waals surface area contributed by atoms with Crippen LogP contribution < -0.4 is 5.32 Å². The van der Waals surface area contributed by atoms with E-state index in [-0.39, 0.29) is 29.9 Å². The maximum Gasteiger partial charge on any atom is 0.307 e. The Morgan fingerprint density at radius 2 is 2.16 bits per heavy atom. The molecule has 1 saturated heterocycles. The van der Waals surface area contributed by atoms with Crippen molar-refractivity contribution in [2.24, 2.45) is 10.9 Å². The minimum atomic E-state index is -0.215. The summed E-state index contributed by atoms with van der Waals surface area (Å²) in [4.78, 5) is 19.4. The third kappa shape index (κ3) is 7.85. The smallest absolute Gasteiger partial charge is 0.307 e. The molecule has 0 amide bonds. The van der Waals surface area contributed by atoms with Crippen molar-refractivity contribution in [2.75, 3.05) is 39.0 Å². The Labute approximate surface area is 172 Å². The molecule has 1 heterocycles. The fourth-order valence-corrected chi connectivity index (χ4v) is 3.72. The molecule has 0 saturated carbocycles. The Kier molecular flexibility index (Phi) is 11.0. The van der Waals surface area contributed by atoms with Gasteiger partial charge in [-0.3, -0.25) is 9.79 Å². The average Bonchev–Trinajstić information content (AvgIpc) is 3.09. The van der Waals surface area contributed by atoms with E-state index in [0.29, 0.717) is 18.9 Å². The number of rotatable bonds is 7. The van der Waals surface area contributed by atoms with Crippen LogP contribution >= 0.6 is 35.7 Å². The van der Waals surface area contributed by atoms with E-state index in [2.05, 4.69) is 57.2 Å². The minimum Gasteiger partial charge on any atom is -0.469 e. The van der Waals surface area contributed by atoms with Crippen LogP contribution in [0.3, 0.4) is 0 Å². The Balaban J connectivity index is 0.00000312. The van der Waals surface area contributed by atoms with E-state index < -0.39 is 0 Å². The van der Waals surface area contributed by atoms with Crippen LogP contribution in [-0.2, 0) is 9.53 Å². The first kappa shape index (κ1) is 22.1. The predicted molar refractivity (Wildman–Crippen MR) is 115 cm³/mol. The van der Waals surface area contributed by atoms with E-state index >= 15 is 0 Å². The molecule has 7 heteroatoms. The number of nitrogens with zero attached hydrogens (tertiary/aromatic N) is 2. The fourth-order valence-electron chi connectivity index (χ4n) is 2.67. The quantitative estimate of drug-likeness (QED) is 0.215. The van der Waals surface area contributed by atoms with Crippen molar-refractivity contribution >= 4 is 47.7 Å². The number of esters is 1. The minimum absolute atomic E-state index is 0. The van der Waals surface area contributed by atoms with Crippen LogP contribution in [0, 0.1) is 5.92 Å². The van der Waals surface area contributed by atoms with Gasteiger partial charge in [-0.15, -0.1) is 35.7 Å². The highest BCUT2D eigenvalue weighted by Crippen LogP contribution is 2.25. The van der Waals surface area contributed by atoms with Gasteiger partial charge < -0.3 is 15.0 Å². The number of hydrogen-bond acceptors (Lipinski definition) is 4. The summed E-state index contributed by atoms with van der Waals surface area (Å²) in [5.74, 6) is 2.49. The van der Waals surface area contributed by atoms with Gasteiger partial charge in [-0.1, -0.05) is 18.2 Å². The second-order valence-corrected chi connectivity index (χ2v) is 6.88. The van der Waals surface area contributed by atoms with Gasteiger partial charge in [0.25, 0.3) is 0 Å². The average molecular weight is 477 g/mol. The summed E-state index contributed by atoms with van der Waals surface area (Å²) in [5, 5.41) is 3.33. The highest BCUT2D eigenvalue weighted by Gasteiger charge is 2.24. The zero-order chi connectivity index (χ0) is 17.2. The van der Waals surface area contributed by atoms with Gasteiger partial charge in [0, 0.05) is 30.3 Å². The molecule has 1 aromatic rings. The fraction of sp³-hybridized carbons (Fsp3) is 0.556. The summed E-state index contributed by atoms with van der Waals surface area (Å²) in [6.07, 6.45) is 1.51. The summed E-state index contributed by atoms with van der Waals surface area (Å²) in [7, 11) is 1.41. The van der Waals surface area contributed by atoms with Gasteiger partial charge in [-0.25, -0.2) is 0 Å². The van der Waals surface area contributed by atoms with Crippen LogP contribution in [0.25, 0.3) is 0 Å². The first-order valence-electron chi connectivity index (χ1n) is 8.50. The topological polar surface area (TPSA) is 53.9 Å². The number of likely N-dealkylation sites (tertiary alicyclic amines) is 1. The number of halogens is 1. The van der Waals surface area contributed by atoms with Crippen molar-refractivity contribution in [1.29, 1.82) is 0 Å². The Hall–Kier alpha value is -0.960. The van der Waals surface area contributed by atoms with Crippen LogP contribution in [0.2, 0.25) is 0 Å². The molecule has 0 radical (unpaired) electrons. The third-order valence-corrected chi connectivity index (χ3v) is 5.20. The van der Waals surface area contributed by atoms with Crippen LogP contribution in [0.4, 0.5) is 0 Å². The van der Waals surface area contributed by atoms with E-state index in [1.54, 1.807) is 0 Å². The number of ether oxygens (including phenoxy) is 1. The van der Waals surface area contributed by atoms with Crippen molar-refractivity contribution < 1.29 is 9.53 Å². The molecular weight excluding hydrogens is 449 g/mol. The number of methoxy groups -OCH3 is 1. The van der Waals surface area contributed by atoms with Gasteiger partial charge in [0.2, 0.25) is 0 Å². The monoisotopic (exact) mass is 477 g/mol. The molecule has 25 heavy (non-hydrogen) atoms. The third-order valence-electron chi connectivity index (χ3n) is 3.95. The number of carbonyl (C=O) groups excluding carboxylic acids is 1. The number of guanidine groups is 1. The van der Waals surface area contributed by atoms with Crippen molar-refractivity contribution in [3.8, 4) is 0 Å². The molecule has 1 unspecified atom stereocenters. The Bertz CT molecular complexity index is 542. The molecule has 0 spiro atoms. The van der Waals surface area contributed by atoms with Crippen molar-refractivity contribution in [1.82, 2.24) is 10.2 Å². The number of carbonyl (C=O) groups is 1. The summed E-state index contributed by atoms with van der Waals surface area (Å²) in [6.45, 7) is 5.40. The van der Waals surface area contributed by atoms with Gasteiger partial charge in [-0.2, -0.15) is 0 Å². The molecule has 5 nitrogen and oxygen atoms in total. The summed E-state index contributed by atoms with van der Waals surface area (Å²) >= 11 is 1.92. The highest BCUT2D eigenvalue weighted by atomic mass is 127. The van der Waals surface area contributed by atoms with Crippen LogP contribution in [0.15, 0.2) is 40.2 Å². The summed E-state index contributed by atoms with van der Waals surface area (Å²) in [5.41, 5.74) is 0. The molecule has 0 aliphatic carbocycles. The molecular formula is C18H28IN3O2S. The van der Waals surface area contributed by atoms with Crippen molar-refractivity contribution in [3.05, 3.63) is 30.3 Å². The lowest BCUT2D eigenvalue weighted by atomic mass is 10.2. The van der Waals surface area contributed by atoms with Crippen molar-refractivity contribution in [2.45, 2.75) is 24.7 Å². The van der Waals surface area contributed by atoms with Crippen LogP contribution in [0.5, 0.6) is 0 Å². The number of nitrogens with one attached hydrogen (secondary N) is 1. The summed E-state index contributed by atoms with van der Waals surface area (Å²) < 4.78 is 4.66. The molecule has 0 aromatic heterocycles. The number of hydrogen-bond donors (Lipinski definition) is 1. The lowest BCUT2D eigenvalue weighted by molar-refractivity contribution is -0.140. The first-order valence-corrected chi connectivity index (χ1v) is 9.49. The number of aliphatic imine (C=N–C) groups is 1. The highest BCUT2D eigenvalue weighted by molar-refractivity contribution is 14.0. The predicted octanol–water partition coefficient (Wildman–Crippen LogP) is 3.25. The summed E-state index contributed by atoms with van der Waals surface area (Å²) in [6, 6.07) is 10.5. The van der Waals surface area contributed by atoms with E-state index in [1.165, 1.54) is 18.4 Å². The van der Waals surface area contributed by atoms with Gasteiger partial charge in [0.1, 0.15) is 0 Å². The molecule has 1 aliphatic rings. The molecule has 1 atom stereocenters. The molecule has 0 bridgehead atoms. The SMILES string of the molecule is CCNC(=NCCC(=O)OC)N1CCC(CSc2ccccc2)C1.I. The van der Waals surface area contributed by atoms with Gasteiger partial charge in [0.15, 0.2) is 5.96 Å². The maximum atomic E-state index is 11.2. The van der Waals surface area contributed by atoms with E-state index in [9.17, 15) is 4.79 Å². The Morgan fingerprint density at radius 3 is 2.84 bits per heavy atom. The lowest BCUT2D eigenvalue weighted by Gasteiger charge is -2.21. The largest absolute Gasteiger partial charge is 0.469 e. The van der Waals surface area contributed by atoms with E-state index in [0.717, 1.165) is 31.3 Å². The number of benzene rings is 1. The standard InChI is InChI=1S/C18H27N3O2S.HI/c1-3-19-18(20-11-9-17(22)23-2)21-12-10-15(13-21)14-24-16-7-5-4-6-8-16;/h4-8,15H,3,9-14H2,1-2H3,(H,19,20);1H. The van der Waals surface area contributed by atoms with E-state index in [4.69, 9.17) is 0 Å². The van der Waals surface area contributed by atoms with Crippen molar-refractivity contribution in [3.63, 3.8) is 0 Å². The second-order valence-electron chi connectivity index (χ2n) is 5.79. The maximum absolute atomic E-state index is 11.2. The molecule has 1 fully saturated rings. The normalized spacial score (nSPS) is 17.1. The number of thioether (sulfide) groups is 1. The second kappa shape index (κ2) is 12.4. The molecule has 140 valence electrons. The molecule has 2 rings (SSSR count). The van der Waals surface area contributed by atoms with Gasteiger partial charge in [-0.05, 0) is 31.4 Å². The van der Waals surface area contributed by atoms with E-state index in [1.807, 2.05) is 11.8 Å². The zero-order valence-electron chi connectivity index (χ0n) is 14.9. The molecule has 1 aliphatic heterocycles.